The Bertz CT molecular complexity index is 509. The molecule has 1 aromatic carbocycles. The van der Waals surface area contributed by atoms with Crippen LogP contribution >= 0.6 is 0 Å². The summed E-state index contributed by atoms with van der Waals surface area (Å²) in [6.07, 6.45) is 0.470. The van der Waals surface area contributed by atoms with Gasteiger partial charge >= 0.3 is 0 Å². The fraction of sp³-hybridized carbons (Fsp3) is 0.182. The van der Waals surface area contributed by atoms with E-state index in [-0.39, 0.29) is 17.6 Å². The lowest BCUT2D eigenvalue weighted by Crippen LogP contribution is -2.10. The van der Waals surface area contributed by atoms with Crippen LogP contribution in [0.3, 0.4) is 0 Å². The topological polar surface area (TPSA) is 120 Å². The minimum Gasteiger partial charge on any atom is -0.508 e. The lowest BCUT2D eigenvalue weighted by atomic mass is 10.3. The van der Waals surface area contributed by atoms with E-state index < -0.39 is 0 Å². The van der Waals surface area contributed by atoms with Gasteiger partial charge in [-0.15, -0.1) is 0 Å². The largest absolute Gasteiger partial charge is 0.508 e. The quantitative estimate of drug-likeness (QED) is 0.713. The van der Waals surface area contributed by atoms with Crippen LogP contribution in [0.4, 0.5) is 11.9 Å². The zero-order chi connectivity index (χ0) is 13.0. The zero-order valence-corrected chi connectivity index (χ0v) is 9.58. The van der Waals surface area contributed by atoms with Crippen LogP contribution in [0.25, 0.3) is 0 Å². The Balaban J connectivity index is 1.90. The van der Waals surface area contributed by atoms with Crippen molar-refractivity contribution in [3.05, 3.63) is 30.1 Å². The highest BCUT2D eigenvalue weighted by Crippen LogP contribution is 2.15. The first-order chi connectivity index (χ1) is 8.63. The Morgan fingerprint density at radius 2 is 1.61 bits per heavy atom. The van der Waals surface area contributed by atoms with Crippen LogP contribution in [-0.4, -0.2) is 26.7 Å². The smallest absolute Gasteiger partial charge is 0.225 e. The number of anilines is 2. The van der Waals surface area contributed by atoms with E-state index in [1.165, 1.54) is 0 Å². The number of hydrogen-bond donors (Lipinski definition) is 3. The van der Waals surface area contributed by atoms with Crippen LogP contribution in [0, 0.1) is 0 Å². The number of nitrogens with two attached hydrogens (primary N) is 2. The molecule has 0 saturated heterocycles. The number of aromatic nitrogens is 3. The van der Waals surface area contributed by atoms with Crippen LogP contribution in [-0.2, 0) is 6.42 Å². The van der Waals surface area contributed by atoms with Crippen molar-refractivity contribution in [2.24, 2.45) is 0 Å². The molecule has 0 atom stereocenters. The molecule has 0 unspecified atom stereocenters. The molecule has 0 saturated carbocycles. The summed E-state index contributed by atoms with van der Waals surface area (Å²) < 4.78 is 5.45. The normalized spacial score (nSPS) is 10.2. The molecule has 0 bridgehead atoms. The van der Waals surface area contributed by atoms with E-state index in [0.717, 1.165) is 0 Å². The molecule has 0 spiro atoms. The minimum absolute atomic E-state index is 0.0992. The van der Waals surface area contributed by atoms with Crippen LogP contribution in [0.5, 0.6) is 11.5 Å². The maximum Gasteiger partial charge on any atom is 0.225 e. The van der Waals surface area contributed by atoms with Crippen molar-refractivity contribution in [3.8, 4) is 11.5 Å². The second-order valence-electron chi connectivity index (χ2n) is 3.56. The lowest BCUT2D eigenvalue weighted by molar-refractivity contribution is 0.318. The highest BCUT2D eigenvalue weighted by atomic mass is 16.5. The second-order valence-corrected chi connectivity index (χ2v) is 3.56. The van der Waals surface area contributed by atoms with Crippen molar-refractivity contribution >= 4 is 11.9 Å². The number of rotatable bonds is 4. The van der Waals surface area contributed by atoms with Gasteiger partial charge in [-0.25, -0.2) is 0 Å². The highest BCUT2D eigenvalue weighted by molar-refractivity contribution is 5.30. The molecule has 0 aliphatic carbocycles. The number of phenolic OH excluding ortho intramolecular Hbond substituents is 1. The monoisotopic (exact) mass is 247 g/mol. The fourth-order valence-electron chi connectivity index (χ4n) is 1.37. The molecule has 2 aromatic rings. The molecule has 2 rings (SSSR count). The number of aromatic hydroxyl groups is 1. The minimum atomic E-state index is 0.0992. The fourth-order valence-corrected chi connectivity index (χ4v) is 1.37. The molecule has 18 heavy (non-hydrogen) atoms. The molecule has 7 nitrogen and oxygen atoms in total. The zero-order valence-electron chi connectivity index (χ0n) is 9.58. The summed E-state index contributed by atoms with van der Waals surface area (Å²) in [5.41, 5.74) is 10.9. The van der Waals surface area contributed by atoms with E-state index >= 15 is 0 Å². The maximum atomic E-state index is 9.11. The maximum absolute atomic E-state index is 9.11. The lowest BCUT2D eigenvalue weighted by Gasteiger charge is -2.06. The van der Waals surface area contributed by atoms with Crippen molar-refractivity contribution in [1.29, 1.82) is 0 Å². The van der Waals surface area contributed by atoms with E-state index in [2.05, 4.69) is 15.0 Å². The Morgan fingerprint density at radius 3 is 2.22 bits per heavy atom. The molecule has 0 fully saturated rings. The molecule has 0 amide bonds. The van der Waals surface area contributed by atoms with Gasteiger partial charge in [0, 0.05) is 6.42 Å². The number of benzene rings is 1. The van der Waals surface area contributed by atoms with Gasteiger partial charge in [-0.3, -0.25) is 0 Å². The van der Waals surface area contributed by atoms with Crippen molar-refractivity contribution < 1.29 is 9.84 Å². The molecule has 7 heteroatoms. The molecule has 0 radical (unpaired) electrons. The van der Waals surface area contributed by atoms with Crippen LogP contribution in [0.1, 0.15) is 5.82 Å². The Hall–Kier alpha value is -2.57. The highest BCUT2D eigenvalue weighted by Gasteiger charge is 2.02. The molecular weight excluding hydrogens is 234 g/mol. The van der Waals surface area contributed by atoms with Gasteiger partial charge in [-0.05, 0) is 24.3 Å². The van der Waals surface area contributed by atoms with Gasteiger partial charge in [0.25, 0.3) is 0 Å². The predicted octanol–water partition coefficient (Wildman–Crippen LogP) is 0.363. The summed E-state index contributed by atoms with van der Waals surface area (Å²) in [4.78, 5) is 11.5. The summed E-state index contributed by atoms with van der Waals surface area (Å²) in [5.74, 6) is 1.53. The van der Waals surface area contributed by atoms with Crippen LogP contribution < -0.4 is 16.2 Å². The number of hydrogen-bond acceptors (Lipinski definition) is 7. The number of nitrogen functional groups attached to an aromatic ring is 2. The molecule has 5 N–H and O–H groups in total. The van der Waals surface area contributed by atoms with E-state index in [9.17, 15) is 0 Å². The first-order valence-electron chi connectivity index (χ1n) is 5.31. The van der Waals surface area contributed by atoms with Gasteiger partial charge in [-0.2, -0.15) is 15.0 Å². The van der Waals surface area contributed by atoms with Gasteiger partial charge in [0.05, 0.1) is 6.61 Å². The van der Waals surface area contributed by atoms with Crippen molar-refractivity contribution in [3.63, 3.8) is 0 Å². The molecule has 94 valence electrons. The SMILES string of the molecule is Nc1nc(N)nc(CCOc2ccc(O)cc2)n1. The average Bonchev–Trinajstić information content (AvgIpc) is 2.30. The molecule has 0 aliphatic heterocycles. The third-order valence-electron chi connectivity index (χ3n) is 2.15. The average molecular weight is 247 g/mol. The van der Waals surface area contributed by atoms with E-state index in [4.69, 9.17) is 21.3 Å². The van der Waals surface area contributed by atoms with Gasteiger partial charge in [0.1, 0.15) is 17.3 Å². The van der Waals surface area contributed by atoms with E-state index in [1.54, 1.807) is 24.3 Å². The van der Waals surface area contributed by atoms with E-state index in [1.807, 2.05) is 0 Å². The number of ether oxygens (including phenoxy) is 1. The summed E-state index contributed by atoms with van der Waals surface area (Å²) in [6.45, 7) is 0.383. The van der Waals surface area contributed by atoms with Crippen molar-refractivity contribution in [2.75, 3.05) is 18.1 Å². The van der Waals surface area contributed by atoms with Crippen LogP contribution in [0.15, 0.2) is 24.3 Å². The third kappa shape index (κ3) is 3.21. The summed E-state index contributed by atoms with van der Waals surface area (Å²) in [5, 5.41) is 9.11. The Kier molecular flexibility index (Phi) is 3.42. The Labute approximate surface area is 103 Å². The molecule has 1 heterocycles. The molecule has 1 aromatic heterocycles. The summed E-state index contributed by atoms with van der Waals surface area (Å²) in [7, 11) is 0. The second kappa shape index (κ2) is 5.17. The van der Waals surface area contributed by atoms with Crippen molar-refractivity contribution in [1.82, 2.24) is 15.0 Å². The number of nitrogens with zero attached hydrogens (tertiary/aromatic N) is 3. The Morgan fingerprint density at radius 1 is 1.00 bits per heavy atom. The first kappa shape index (κ1) is 11.9. The van der Waals surface area contributed by atoms with Gasteiger partial charge in [-0.1, -0.05) is 0 Å². The standard InChI is InChI=1S/C11H13N5O2/c12-10-14-9(15-11(13)16-10)5-6-18-8-3-1-7(17)2-4-8/h1-4,17H,5-6H2,(H4,12,13,14,15,16). The van der Waals surface area contributed by atoms with Crippen LogP contribution in [0.2, 0.25) is 0 Å². The van der Waals surface area contributed by atoms with Gasteiger partial charge in [0.2, 0.25) is 11.9 Å². The number of phenols is 1. The third-order valence-corrected chi connectivity index (χ3v) is 2.15. The molecular formula is C11H13N5O2. The summed E-state index contributed by atoms with van der Waals surface area (Å²) >= 11 is 0. The molecule has 0 aliphatic rings. The predicted molar refractivity (Wildman–Crippen MR) is 66.0 cm³/mol. The van der Waals surface area contributed by atoms with Crippen molar-refractivity contribution in [2.45, 2.75) is 6.42 Å². The first-order valence-corrected chi connectivity index (χ1v) is 5.31. The van der Waals surface area contributed by atoms with E-state index in [0.29, 0.717) is 24.6 Å². The van der Waals surface area contributed by atoms with Gasteiger partial charge < -0.3 is 21.3 Å². The van der Waals surface area contributed by atoms with Gasteiger partial charge in [0.15, 0.2) is 0 Å². The summed E-state index contributed by atoms with van der Waals surface area (Å²) in [6, 6.07) is 6.44.